The summed E-state index contributed by atoms with van der Waals surface area (Å²) < 4.78 is 0. The summed E-state index contributed by atoms with van der Waals surface area (Å²) in [6.45, 7) is 14.0. The molecule has 3 heteroatoms. The predicted octanol–water partition coefficient (Wildman–Crippen LogP) is 11.5. The highest BCUT2D eigenvalue weighted by Gasteiger charge is 2.44. The van der Waals surface area contributed by atoms with Crippen LogP contribution in [0.1, 0.15) is 71.1 Å². The molecule has 3 aliphatic rings. The van der Waals surface area contributed by atoms with Crippen LogP contribution in [-0.4, -0.2) is 6.71 Å². The molecule has 2 aliphatic heterocycles. The topological polar surface area (TPSA) is 6.48 Å². The van der Waals surface area contributed by atoms with Crippen molar-refractivity contribution in [3.05, 3.63) is 174 Å². The van der Waals surface area contributed by atoms with Crippen LogP contribution in [0.25, 0.3) is 16.7 Å². The van der Waals surface area contributed by atoms with E-state index in [-0.39, 0.29) is 17.5 Å². The Hall–Kier alpha value is -5.54. The first-order chi connectivity index (χ1) is 25.6. The van der Waals surface area contributed by atoms with Crippen molar-refractivity contribution in [2.75, 3.05) is 9.80 Å². The van der Waals surface area contributed by atoms with E-state index in [1.807, 2.05) is 0 Å². The molecule has 2 nitrogen and oxygen atoms in total. The number of allylic oxidation sites excluding steroid dienone is 3. The standard InChI is InChI=1S/C50H47BN2/c1-49(2,3)36-28-30-40-46(32-36)52(42-24-15-13-22-38(42)34-18-9-7-10-19-34)44-26-17-27-45-48(44)51(40)41-31-29-37(50(4,5)6)33-47(41)53(45)43-25-16-14-23-39(43)35-20-11-8-12-21-35/h7-13,15,17-33H,14,16H2,1-6H3. The summed E-state index contributed by atoms with van der Waals surface area (Å²) in [5, 5.41) is 0. The lowest BCUT2D eigenvalue weighted by atomic mass is 9.33. The Morgan fingerprint density at radius 3 is 1.58 bits per heavy atom. The van der Waals surface area contributed by atoms with Crippen LogP contribution < -0.4 is 26.2 Å². The van der Waals surface area contributed by atoms with Crippen molar-refractivity contribution in [2.24, 2.45) is 0 Å². The second-order valence-electron chi connectivity index (χ2n) is 16.9. The van der Waals surface area contributed by atoms with E-state index >= 15 is 0 Å². The lowest BCUT2D eigenvalue weighted by molar-refractivity contribution is 0.590. The van der Waals surface area contributed by atoms with Gasteiger partial charge in [0.1, 0.15) is 0 Å². The lowest BCUT2D eigenvalue weighted by Gasteiger charge is -2.46. The zero-order chi connectivity index (χ0) is 36.5. The quantitative estimate of drug-likeness (QED) is 0.170. The molecule has 6 aromatic carbocycles. The van der Waals surface area contributed by atoms with Gasteiger partial charge in [-0.05, 0) is 92.6 Å². The lowest BCUT2D eigenvalue weighted by Crippen LogP contribution is -2.62. The highest BCUT2D eigenvalue weighted by molar-refractivity contribution is 7.00. The zero-order valence-electron chi connectivity index (χ0n) is 31.8. The van der Waals surface area contributed by atoms with Crippen LogP contribution in [0.2, 0.25) is 0 Å². The van der Waals surface area contributed by atoms with Gasteiger partial charge < -0.3 is 9.80 Å². The molecule has 53 heavy (non-hydrogen) atoms. The molecule has 6 aromatic rings. The summed E-state index contributed by atoms with van der Waals surface area (Å²) in [6, 6.07) is 52.4. The summed E-state index contributed by atoms with van der Waals surface area (Å²) in [5.41, 5.74) is 19.3. The van der Waals surface area contributed by atoms with Crippen molar-refractivity contribution in [3.63, 3.8) is 0 Å². The molecule has 1 aliphatic carbocycles. The maximum absolute atomic E-state index is 2.60. The molecule has 2 heterocycles. The number of anilines is 5. The molecule has 0 saturated carbocycles. The number of hydrogen-bond acceptors (Lipinski definition) is 2. The van der Waals surface area contributed by atoms with Crippen molar-refractivity contribution < 1.29 is 0 Å². The van der Waals surface area contributed by atoms with Gasteiger partial charge in [-0.3, -0.25) is 0 Å². The second kappa shape index (κ2) is 12.6. The minimum atomic E-state index is -0.00170. The Labute approximate surface area is 316 Å². The molecule has 0 amide bonds. The normalized spacial score (nSPS) is 14.9. The van der Waals surface area contributed by atoms with Crippen LogP contribution in [0.15, 0.2) is 157 Å². The second-order valence-corrected chi connectivity index (χ2v) is 16.9. The van der Waals surface area contributed by atoms with Gasteiger partial charge in [-0.1, -0.05) is 163 Å². The van der Waals surface area contributed by atoms with Crippen LogP contribution in [0.4, 0.5) is 28.4 Å². The van der Waals surface area contributed by atoms with Crippen molar-refractivity contribution in [3.8, 4) is 11.1 Å². The van der Waals surface area contributed by atoms with Gasteiger partial charge in [0.15, 0.2) is 0 Å². The molecule has 0 spiro atoms. The van der Waals surface area contributed by atoms with Gasteiger partial charge in [0.25, 0.3) is 6.71 Å². The molecule has 0 bridgehead atoms. The molecule has 0 unspecified atom stereocenters. The number of hydrogen-bond donors (Lipinski definition) is 0. The Bertz CT molecular complexity index is 2420. The molecule has 0 fully saturated rings. The summed E-state index contributed by atoms with van der Waals surface area (Å²) in [6.07, 6.45) is 6.99. The molecule has 260 valence electrons. The maximum Gasteiger partial charge on any atom is 0.252 e. The SMILES string of the molecule is CC(C)(C)c1ccc2c(c1)N(C1=CCCC=C1c1ccccc1)c1cccc3c1B2c1ccc(C(C)(C)C)cc1N3c1ccccc1-c1ccccc1. The van der Waals surface area contributed by atoms with Crippen LogP contribution in [0.5, 0.6) is 0 Å². The molecule has 9 rings (SSSR count). The van der Waals surface area contributed by atoms with Crippen molar-refractivity contribution in [1.82, 2.24) is 0 Å². The Kier molecular flexibility index (Phi) is 7.89. The number of nitrogens with zero attached hydrogens (tertiary/aromatic N) is 2. The van der Waals surface area contributed by atoms with Crippen molar-refractivity contribution in [1.29, 1.82) is 0 Å². The molecule has 0 N–H and O–H groups in total. The van der Waals surface area contributed by atoms with Crippen LogP contribution in [0, 0.1) is 0 Å². The fourth-order valence-electron chi connectivity index (χ4n) is 8.67. The third kappa shape index (κ3) is 5.57. The van der Waals surface area contributed by atoms with E-state index in [1.54, 1.807) is 0 Å². The molecule has 0 saturated heterocycles. The number of fused-ring (bicyclic) bond motifs is 4. The molecule has 0 atom stereocenters. The Morgan fingerprint density at radius 2 is 0.962 bits per heavy atom. The molecular weight excluding hydrogens is 639 g/mol. The monoisotopic (exact) mass is 686 g/mol. The predicted molar refractivity (Wildman–Crippen MR) is 229 cm³/mol. The van der Waals surface area contributed by atoms with E-state index in [2.05, 4.69) is 203 Å². The van der Waals surface area contributed by atoms with Gasteiger partial charge in [-0.2, -0.15) is 0 Å². The number of rotatable bonds is 4. The third-order valence-corrected chi connectivity index (χ3v) is 11.4. The fraction of sp³-hybridized carbons (Fsp3) is 0.200. The highest BCUT2D eigenvalue weighted by Crippen LogP contribution is 2.48. The van der Waals surface area contributed by atoms with E-state index in [9.17, 15) is 0 Å². The minimum absolute atomic E-state index is 0.00170. The smallest absolute Gasteiger partial charge is 0.252 e. The Balaban J connectivity index is 1.36. The van der Waals surface area contributed by atoms with Gasteiger partial charge in [-0.15, -0.1) is 0 Å². The van der Waals surface area contributed by atoms with Gasteiger partial charge in [-0.25, -0.2) is 0 Å². The largest absolute Gasteiger partial charge is 0.311 e. The van der Waals surface area contributed by atoms with Crippen molar-refractivity contribution in [2.45, 2.75) is 65.2 Å². The van der Waals surface area contributed by atoms with Crippen molar-refractivity contribution >= 4 is 57.1 Å². The summed E-state index contributed by atoms with van der Waals surface area (Å²) in [7, 11) is 0. The first-order valence-electron chi connectivity index (χ1n) is 19.2. The molecular formula is C50H47BN2. The number of benzene rings is 6. The average Bonchev–Trinajstić information content (AvgIpc) is 3.17. The summed E-state index contributed by atoms with van der Waals surface area (Å²) in [4.78, 5) is 5.17. The first kappa shape index (κ1) is 33.3. The highest BCUT2D eigenvalue weighted by atomic mass is 15.2. The molecule has 0 radical (unpaired) electrons. The third-order valence-electron chi connectivity index (χ3n) is 11.4. The van der Waals surface area contributed by atoms with E-state index in [1.165, 1.54) is 83.9 Å². The van der Waals surface area contributed by atoms with Crippen LogP contribution >= 0.6 is 0 Å². The van der Waals surface area contributed by atoms with Crippen LogP contribution in [0.3, 0.4) is 0 Å². The first-order valence-corrected chi connectivity index (χ1v) is 19.2. The number of para-hydroxylation sites is 1. The van der Waals surface area contributed by atoms with Gasteiger partial charge in [0, 0.05) is 39.6 Å². The Morgan fingerprint density at radius 1 is 0.453 bits per heavy atom. The fourth-order valence-corrected chi connectivity index (χ4v) is 8.67. The van der Waals surface area contributed by atoms with Gasteiger partial charge in [0.05, 0.1) is 5.69 Å². The minimum Gasteiger partial charge on any atom is -0.311 e. The van der Waals surface area contributed by atoms with E-state index in [0.717, 1.165) is 12.8 Å². The van der Waals surface area contributed by atoms with E-state index in [0.29, 0.717) is 0 Å². The summed E-state index contributed by atoms with van der Waals surface area (Å²) >= 11 is 0. The van der Waals surface area contributed by atoms with E-state index in [4.69, 9.17) is 0 Å². The van der Waals surface area contributed by atoms with E-state index < -0.39 is 0 Å². The molecule has 0 aromatic heterocycles. The van der Waals surface area contributed by atoms with Crippen LogP contribution in [-0.2, 0) is 10.8 Å². The average molecular weight is 687 g/mol. The van der Waals surface area contributed by atoms with Gasteiger partial charge >= 0.3 is 0 Å². The zero-order valence-corrected chi connectivity index (χ0v) is 31.8. The van der Waals surface area contributed by atoms with Gasteiger partial charge in [0.2, 0.25) is 0 Å². The maximum atomic E-state index is 2.60. The summed E-state index contributed by atoms with van der Waals surface area (Å²) in [5.74, 6) is 0.